The molecule has 2 aromatic heterocycles. The third kappa shape index (κ3) is 3.22. The number of fused-ring (bicyclic) bond motifs is 1. The smallest absolute Gasteiger partial charge is 0.154 e. The molecule has 4 rings (SSSR count). The zero-order valence-electron chi connectivity index (χ0n) is 14.0. The van der Waals surface area contributed by atoms with Crippen molar-refractivity contribution < 1.29 is 10.2 Å². The van der Waals surface area contributed by atoms with Crippen LogP contribution < -0.4 is 5.32 Å². The van der Waals surface area contributed by atoms with Crippen LogP contribution in [0.3, 0.4) is 0 Å². The van der Waals surface area contributed by atoms with Gasteiger partial charge in [-0.3, -0.25) is 0 Å². The van der Waals surface area contributed by atoms with Crippen molar-refractivity contribution in [1.29, 1.82) is 0 Å². The molecule has 2 aromatic carbocycles. The molecular formula is C20H18N4O2. The highest BCUT2D eigenvalue weighted by atomic mass is 16.3. The molecule has 6 heteroatoms. The fourth-order valence-electron chi connectivity index (χ4n) is 2.85. The first-order valence-corrected chi connectivity index (χ1v) is 8.30. The van der Waals surface area contributed by atoms with Gasteiger partial charge in [-0.05, 0) is 41.5 Å². The van der Waals surface area contributed by atoms with E-state index in [1.165, 1.54) is 0 Å². The molecule has 0 aliphatic carbocycles. The van der Waals surface area contributed by atoms with Crippen LogP contribution in [0.1, 0.15) is 11.1 Å². The number of aromatic hydroxyl groups is 1. The first-order chi connectivity index (χ1) is 12.7. The largest absolute Gasteiger partial charge is 0.508 e. The average Bonchev–Trinajstić information content (AvgIpc) is 3.10. The van der Waals surface area contributed by atoms with Crippen LogP contribution in [0.15, 0.2) is 66.9 Å². The number of hydrogen-bond donors (Lipinski definition) is 3. The molecule has 26 heavy (non-hydrogen) atoms. The average molecular weight is 346 g/mol. The Morgan fingerprint density at radius 3 is 2.65 bits per heavy atom. The number of nitrogens with one attached hydrogen (secondary N) is 1. The second-order valence-electron chi connectivity index (χ2n) is 6.01. The summed E-state index contributed by atoms with van der Waals surface area (Å²) in [6.07, 6.45) is 1.78. The van der Waals surface area contributed by atoms with Crippen LogP contribution in [0, 0.1) is 0 Å². The summed E-state index contributed by atoms with van der Waals surface area (Å²) >= 11 is 0. The molecule has 0 saturated carbocycles. The fraction of sp³-hybridized carbons (Fsp3) is 0.100. The number of aliphatic hydroxyl groups is 1. The van der Waals surface area contributed by atoms with Gasteiger partial charge in [-0.15, -0.1) is 5.10 Å². The van der Waals surface area contributed by atoms with Crippen molar-refractivity contribution >= 4 is 11.5 Å². The van der Waals surface area contributed by atoms with E-state index in [0.29, 0.717) is 12.4 Å². The number of hydrogen-bond acceptors (Lipinski definition) is 5. The van der Waals surface area contributed by atoms with Crippen LogP contribution in [0.25, 0.3) is 16.9 Å². The maximum atomic E-state index is 9.56. The van der Waals surface area contributed by atoms with E-state index < -0.39 is 0 Å². The Kier molecular flexibility index (Phi) is 4.25. The summed E-state index contributed by atoms with van der Waals surface area (Å²) < 4.78 is 1.78. The second kappa shape index (κ2) is 6.85. The number of phenols is 1. The summed E-state index contributed by atoms with van der Waals surface area (Å²) in [5.74, 6) is 0.951. The lowest BCUT2D eigenvalue weighted by atomic mass is 10.1. The van der Waals surface area contributed by atoms with Crippen molar-refractivity contribution in [2.45, 2.75) is 13.2 Å². The number of phenolic OH excluding ortho intramolecular Hbond substituents is 1. The van der Waals surface area contributed by atoms with Gasteiger partial charge in [0.2, 0.25) is 0 Å². The minimum Gasteiger partial charge on any atom is -0.508 e. The Bertz CT molecular complexity index is 1060. The summed E-state index contributed by atoms with van der Waals surface area (Å²) in [5.41, 5.74) is 4.36. The fourth-order valence-corrected chi connectivity index (χ4v) is 2.85. The molecule has 4 aromatic rings. The van der Waals surface area contributed by atoms with Crippen LogP contribution >= 0.6 is 0 Å². The highest BCUT2D eigenvalue weighted by Crippen LogP contribution is 2.22. The van der Waals surface area contributed by atoms with Crippen LogP contribution in [-0.4, -0.2) is 24.8 Å². The number of aromatic nitrogens is 3. The van der Waals surface area contributed by atoms with Gasteiger partial charge in [0.05, 0.1) is 18.5 Å². The maximum Gasteiger partial charge on any atom is 0.154 e. The van der Waals surface area contributed by atoms with Crippen LogP contribution in [0.5, 0.6) is 5.75 Å². The summed E-state index contributed by atoms with van der Waals surface area (Å²) in [5, 5.41) is 26.8. The lowest BCUT2D eigenvalue weighted by Crippen LogP contribution is -2.04. The van der Waals surface area contributed by atoms with E-state index >= 15 is 0 Å². The second-order valence-corrected chi connectivity index (χ2v) is 6.01. The molecular weight excluding hydrogens is 328 g/mol. The summed E-state index contributed by atoms with van der Waals surface area (Å²) in [6, 6.07) is 18.6. The zero-order chi connectivity index (χ0) is 17.9. The minimum absolute atomic E-state index is 0.00523. The Balaban J connectivity index is 1.64. The van der Waals surface area contributed by atoms with Gasteiger partial charge in [0.25, 0.3) is 0 Å². The molecule has 6 nitrogen and oxygen atoms in total. The summed E-state index contributed by atoms with van der Waals surface area (Å²) in [6.45, 7) is 0.547. The molecule has 2 heterocycles. The normalized spacial score (nSPS) is 11.0. The standard InChI is InChI=1S/C20H18N4O2/c25-13-15-4-1-5-16(9-15)18-12-22-20-8-7-19(23-24(18)20)21-11-14-3-2-6-17(26)10-14/h1-10,12,25-26H,11,13H2,(H,21,23). The summed E-state index contributed by atoms with van der Waals surface area (Å²) in [7, 11) is 0. The molecule has 130 valence electrons. The number of benzene rings is 2. The molecule has 3 N–H and O–H groups in total. The third-order valence-corrected chi connectivity index (χ3v) is 4.15. The molecule has 0 aliphatic heterocycles. The van der Waals surface area contributed by atoms with E-state index in [9.17, 15) is 10.2 Å². The van der Waals surface area contributed by atoms with Gasteiger partial charge < -0.3 is 15.5 Å². The van der Waals surface area contributed by atoms with E-state index in [1.807, 2.05) is 48.5 Å². The molecule has 0 fully saturated rings. The van der Waals surface area contributed by atoms with Gasteiger partial charge in [0.15, 0.2) is 5.65 Å². The molecule has 0 spiro atoms. The molecule has 0 unspecified atom stereocenters. The highest BCUT2D eigenvalue weighted by molar-refractivity contribution is 5.64. The lowest BCUT2D eigenvalue weighted by molar-refractivity contribution is 0.282. The topological polar surface area (TPSA) is 82.7 Å². The minimum atomic E-state index is -0.00523. The Morgan fingerprint density at radius 2 is 1.81 bits per heavy atom. The molecule has 0 aliphatic rings. The third-order valence-electron chi connectivity index (χ3n) is 4.15. The highest BCUT2D eigenvalue weighted by Gasteiger charge is 2.09. The lowest BCUT2D eigenvalue weighted by Gasteiger charge is -2.08. The number of aliphatic hydroxyl groups excluding tert-OH is 1. The first-order valence-electron chi connectivity index (χ1n) is 8.30. The van der Waals surface area contributed by atoms with Crippen molar-refractivity contribution in [2.75, 3.05) is 5.32 Å². The predicted molar refractivity (Wildman–Crippen MR) is 99.8 cm³/mol. The quantitative estimate of drug-likeness (QED) is 0.517. The van der Waals surface area contributed by atoms with E-state index in [1.54, 1.807) is 22.8 Å². The van der Waals surface area contributed by atoms with E-state index in [0.717, 1.165) is 28.0 Å². The molecule has 0 amide bonds. The van der Waals surface area contributed by atoms with Crippen LogP contribution in [0.4, 0.5) is 5.82 Å². The zero-order valence-corrected chi connectivity index (χ0v) is 14.0. The maximum absolute atomic E-state index is 9.56. The van der Waals surface area contributed by atoms with Gasteiger partial charge in [-0.1, -0.05) is 30.3 Å². The summed E-state index contributed by atoms with van der Waals surface area (Å²) in [4.78, 5) is 4.40. The van der Waals surface area contributed by atoms with Crippen molar-refractivity contribution in [3.8, 4) is 17.0 Å². The van der Waals surface area contributed by atoms with Crippen molar-refractivity contribution in [2.24, 2.45) is 0 Å². The first kappa shape index (κ1) is 16.1. The van der Waals surface area contributed by atoms with Gasteiger partial charge >= 0.3 is 0 Å². The van der Waals surface area contributed by atoms with Gasteiger partial charge in [-0.2, -0.15) is 0 Å². The SMILES string of the molecule is OCc1cccc(-c2cnc3ccc(NCc4cccc(O)c4)nn23)c1. The Hall–Kier alpha value is -3.38. The van der Waals surface area contributed by atoms with E-state index in [4.69, 9.17) is 0 Å². The molecule has 0 saturated heterocycles. The molecule has 0 atom stereocenters. The van der Waals surface area contributed by atoms with Crippen LogP contribution in [0.2, 0.25) is 0 Å². The van der Waals surface area contributed by atoms with E-state index in [-0.39, 0.29) is 12.4 Å². The molecule has 0 bridgehead atoms. The van der Waals surface area contributed by atoms with E-state index in [2.05, 4.69) is 15.4 Å². The monoisotopic (exact) mass is 346 g/mol. The number of nitrogens with zero attached hydrogens (tertiary/aromatic N) is 3. The number of imidazole rings is 1. The Morgan fingerprint density at radius 1 is 0.962 bits per heavy atom. The Labute approximate surface area is 150 Å². The predicted octanol–water partition coefficient (Wildman–Crippen LogP) is 3.21. The van der Waals surface area contributed by atoms with Gasteiger partial charge in [0.1, 0.15) is 11.6 Å². The van der Waals surface area contributed by atoms with Gasteiger partial charge in [0, 0.05) is 12.1 Å². The number of rotatable bonds is 5. The van der Waals surface area contributed by atoms with Crippen molar-refractivity contribution in [1.82, 2.24) is 14.6 Å². The number of anilines is 1. The molecule has 0 radical (unpaired) electrons. The van der Waals surface area contributed by atoms with Crippen molar-refractivity contribution in [3.05, 3.63) is 78.0 Å². The van der Waals surface area contributed by atoms with Crippen LogP contribution in [-0.2, 0) is 13.2 Å². The van der Waals surface area contributed by atoms with Gasteiger partial charge in [-0.25, -0.2) is 9.50 Å². The van der Waals surface area contributed by atoms with Crippen molar-refractivity contribution in [3.63, 3.8) is 0 Å².